The van der Waals surface area contributed by atoms with Gasteiger partial charge in [0.15, 0.2) is 0 Å². The van der Waals surface area contributed by atoms with Gasteiger partial charge < -0.3 is 4.74 Å². The quantitative estimate of drug-likeness (QED) is 0.432. The van der Waals surface area contributed by atoms with E-state index in [0.717, 1.165) is 36.7 Å². The zero-order valence-electron chi connectivity index (χ0n) is 16.1. The first-order valence-corrected chi connectivity index (χ1v) is 10.1. The van der Waals surface area contributed by atoms with Crippen molar-refractivity contribution in [3.63, 3.8) is 0 Å². The van der Waals surface area contributed by atoms with Crippen molar-refractivity contribution < 1.29 is 4.74 Å². The monoisotopic (exact) mass is 346 g/mol. The van der Waals surface area contributed by atoms with E-state index in [1.165, 1.54) is 36.8 Å². The maximum atomic E-state index is 5.73. The summed E-state index contributed by atoms with van der Waals surface area (Å²) in [6.45, 7) is 5.32. The fourth-order valence-corrected chi connectivity index (χ4v) is 3.41. The van der Waals surface area contributed by atoms with Gasteiger partial charge in [-0.3, -0.25) is 0 Å². The van der Waals surface area contributed by atoms with Gasteiger partial charge in [0.1, 0.15) is 5.75 Å². The van der Waals surface area contributed by atoms with Crippen LogP contribution in [0.3, 0.4) is 0 Å². The number of benzene rings is 2. The fourth-order valence-electron chi connectivity index (χ4n) is 3.41. The van der Waals surface area contributed by atoms with Gasteiger partial charge in [-0.05, 0) is 73.4 Å². The van der Waals surface area contributed by atoms with Crippen LogP contribution in [0.4, 0.5) is 0 Å². The Morgan fingerprint density at radius 3 is 2.12 bits per heavy atom. The van der Waals surface area contributed by atoms with Crippen molar-refractivity contribution in [3.05, 3.63) is 54.1 Å². The second-order valence-corrected chi connectivity index (χ2v) is 7.53. The molecular formula is C25H30O. The van der Waals surface area contributed by atoms with Crippen molar-refractivity contribution in [2.45, 2.75) is 52.4 Å². The summed E-state index contributed by atoms with van der Waals surface area (Å²) in [5.41, 5.74) is 3.56. The molecule has 1 aliphatic rings. The number of hydrogen-bond acceptors (Lipinski definition) is 1. The van der Waals surface area contributed by atoms with Crippen LogP contribution in [-0.4, -0.2) is 6.61 Å². The average Bonchev–Trinajstić information content (AvgIpc) is 2.69. The predicted octanol–water partition coefficient (Wildman–Crippen LogP) is 6.71. The fraction of sp³-hybridized carbons (Fsp3) is 0.440. The Kier molecular flexibility index (Phi) is 6.78. The van der Waals surface area contributed by atoms with Crippen LogP contribution in [0.2, 0.25) is 0 Å². The second kappa shape index (κ2) is 9.48. The van der Waals surface area contributed by atoms with Gasteiger partial charge in [-0.15, -0.1) is 0 Å². The molecule has 2 aromatic rings. The minimum atomic E-state index is 0.589. The van der Waals surface area contributed by atoms with Gasteiger partial charge in [0, 0.05) is 11.5 Å². The molecule has 3 rings (SSSR count). The standard InChI is InChI=1S/C25H30O/c1-3-4-19-26-25-17-15-24(16-18-25)23-13-11-22(12-14-23)10-9-21-7-5-20(2)6-8-21/h11-18,20-21H,3-8,19H2,1-2H3. The van der Waals surface area contributed by atoms with Crippen molar-refractivity contribution in [2.75, 3.05) is 6.61 Å². The number of hydrogen-bond donors (Lipinski definition) is 0. The van der Waals surface area contributed by atoms with Crippen molar-refractivity contribution in [3.8, 4) is 28.7 Å². The molecule has 0 saturated heterocycles. The van der Waals surface area contributed by atoms with E-state index in [1.54, 1.807) is 0 Å². The Morgan fingerprint density at radius 2 is 1.50 bits per heavy atom. The van der Waals surface area contributed by atoms with Gasteiger partial charge in [0.05, 0.1) is 6.61 Å². The van der Waals surface area contributed by atoms with E-state index in [1.807, 2.05) is 0 Å². The van der Waals surface area contributed by atoms with Crippen molar-refractivity contribution in [1.82, 2.24) is 0 Å². The smallest absolute Gasteiger partial charge is 0.119 e. The minimum absolute atomic E-state index is 0.589. The summed E-state index contributed by atoms with van der Waals surface area (Å²) in [6, 6.07) is 17.0. The summed E-state index contributed by atoms with van der Waals surface area (Å²) in [7, 11) is 0. The molecule has 0 N–H and O–H groups in total. The van der Waals surface area contributed by atoms with Gasteiger partial charge in [0.25, 0.3) is 0 Å². The molecule has 0 heterocycles. The number of ether oxygens (including phenoxy) is 1. The third-order valence-electron chi connectivity index (χ3n) is 5.28. The highest BCUT2D eigenvalue weighted by atomic mass is 16.5. The van der Waals surface area contributed by atoms with Crippen molar-refractivity contribution in [2.24, 2.45) is 11.8 Å². The van der Waals surface area contributed by atoms with E-state index in [9.17, 15) is 0 Å². The van der Waals surface area contributed by atoms with Crippen LogP contribution in [0.5, 0.6) is 5.75 Å². The van der Waals surface area contributed by atoms with E-state index in [4.69, 9.17) is 4.74 Å². The Bertz CT molecular complexity index is 722. The normalized spacial score (nSPS) is 19.5. The third kappa shape index (κ3) is 5.40. The lowest BCUT2D eigenvalue weighted by atomic mass is 9.83. The van der Waals surface area contributed by atoms with Crippen LogP contribution in [0, 0.1) is 23.7 Å². The molecule has 136 valence electrons. The molecule has 0 radical (unpaired) electrons. The maximum Gasteiger partial charge on any atom is 0.119 e. The highest BCUT2D eigenvalue weighted by Gasteiger charge is 2.15. The van der Waals surface area contributed by atoms with Crippen molar-refractivity contribution >= 4 is 0 Å². The van der Waals surface area contributed by atoms with Gasteiger partial charge in [-0.1, -0.05) is 56.4 Å². The summed E-state index contributed by atoms with van der Waals surface area (Å²) < 4.78 is 5.73. The van der Waals surface area contributed by atoms with Crippen LogP contribution in [0.1, 0.15) is 57.9 Å². The van der Waals surface area contributed by atoms with Gasteiger partial charge >= 0.3 is 0 Å². The zero-order chi connectivity index (χ0) is 18.2. The summed E-state index contributed by atoms with van der Waals surface area (Å²) in [5, 5.41) is 0. The van der Waals surface area contributed by atoms with Crippen LogP contribution in [0.25, 0.3) is 11.1 Å². The largest absolute Gasteiger partial charge is 0.494 e. The van der Waals surface area contributed by atoms with E-state index in [-0.39, 0.29) is 0 Å². The molecule has 0 atom stereocenters. The molecule has 1 saturated carbocycles. The van der Waals surface area contributed by atoms with E-state index < -0.39 is 0 Å². The molecule has 0 unspecified atom stereocenters. The predicted molar refractivity (Wildman–Crippen MR) is 110 cm³/mol. The van der Waals surface area contributed by atoms with Gasteiger partial charge in [0.2, 0.25) is 0 Å². The van der Waals surface area contributed by atoms with Crippen LogP contribution >= 0.6 is 0 Å². The summed E-state index contributed by atoms with van der Waals surface area (Å²) in [4.78, 5) is 0. The Balaban J connectivity index is 1.59. The average molecular weight is 347 g/mol. The molecule has 0 aliphatic heterocycles. The molecule has 1 heteroatoms. The molecule has 1 fully saturated rings. The number of rotatable bonds is 5. The summed E-state index contributed by atoms with van der Waals surface area (Å²) in [6.07, 6.45) is 7.45. The van der Waals surface area contributed by atoms with Crippen LogP contribution < -0.4 is 4.74 Å². The number of unbranched alkanes of at least 4 members (excludes halogenated alkanes) is 1. The molecular weight excluding hydrogens is 316 g/mol. The first-order chi connectivity index (χ1) is 12.7. The van der Waals surface area contributed by atoms with E-state index in [2.05, 4.69) is 74.2 Å². The van der Waals surface area contributed by atoms with Crippen LogP contribution in [0.15, 0.2) is 48.5 Å². The van der Waals surface area contributed by atoms with Crippen molar-refractivity contribution in [1.29, 1.82) is 0 Å². The SMILES string of the molecule is CCCCOc1ccc(-c2ccc(C#CC3CCC(C)CC3)cc2)cc1. The first kappa shape index (κ1) is 18.6. The summed E-state index contributed by atoms with van der Waals surface area (Å²) >= 11 is 0. The molecule has 0 amide bonds. The van der Waals surface area contributed by atoms with Gasteiger partial charge in [-0.2, -0.15) is 0 Å². The lowest BCUT2D eigenvalue weighted by Crippen LogP contribution is -2.10. The molecule has 0 bridgehead atoms. The lowest BCUT2D eigenvalue weighted by Gasteiger charge is -2.21. The topological polar surface area (TPSA) is 9.23 Å². The highest BCUT2D eigenvalue weighted by molar-refractivity contribution is 5.65. The van der Waals surface area contributed by atoms with Gasteiger partial charge in [-0.25, -0.2) is 0 Å². The van der Waals surface area contributed by atoms with E-state index in [0.29, 0.717) is 5.92 Å². The molecule has 0 spiro atoms. The first-order valence-electron chi connectivity index (χ1n) is 10.1. The molecule has 1 aliphatic carbocycles. The summed E-state index contributed by atoms with van der Waals surface area (Å²) in [5.74, 6) is 9.28. The third-order valence-corrected chi connectivity index (χ3v) is 5.28. The molecule has 2 aromatic carbocycles. The molecule has 0 aromatic heterocycles. The Morgan fingerprint density at radius 1 is 0.885 bits per heavy atom. The molecule has 26 heavy (non-hydrogen) atoms. The second-order valence-electron chi connectivity index (χ2n) is 7.53. The van der Waals surface area contributed by atoms with Crippen LogP contribution in [-0.2, 0) is 0 Å². The Labute approximate surface area is 158 Å². The Hall–Kier alpha value is -2.20. The molecule has 1 nitrogen and oxygen atoms in total. The zero-order valence-corrected chi connectivity index (χ0v) is 16.1. The minimum Gasteiger partial charge on any atom is -0.494 e. The van der Waals surface area contributed by atoms with E-state index >= 15 is 0 Å². The highest BCUT2D eigenvalue weighted by Crippen LogP contribution is 2.28. The lowest BCUT2D eigenvalue weighted by molar-refractivity contribution is 0.309. The maximum absolute atomic E-state index is 5.73.